The van der Waals surface area contributed by atoms with Gasteiger partial charge in [-0.25, -0.2) is 4.39 Å². The Morgan fingerprint density at radius 2 is 1.95 bits per heavy atom. The van der Waals surface area contributed by atoms with E-state index in [4.69, 9.17) is 0 Å². The van der Waals surface area contributed by atoms with E-state index in [2.05, 4.69) is 22.4 Å². The molecule has 0 amide bonds. The number of nitrogens with one attached hydrogen (secondary N) is 2. The summed E-state index contributed by atoms with van der Waals surface area (Å²) < 4.78 is 13.7. The van der Waals surface area contributed by atoms with Gasteiger partial charge in [0.2, 0.25) is 0 Å². The van der Waals surface area contributed by atoms with Gasteiger partial charge in [0.25, 0.3) is 0 Å². The second-order valence-electron chi connectivity index (χ2n) is 4.87. The smallest absolute Gasteiger partial charge is 0.129 e. The van der Waals surface area contributed by atoms with Crippen molar-refractivity contribution in [1.82, 2.24) is 15.5 Å². The molecule has 0 radical (unpaired) electrons. The highest BCUT2D eigenvalue weighted by molar-refractivity contribution is 5.64. The summed E-state index contributed by atoms with van der Waals surface area (Å²) in [4.78, 5) is 0. The van der Waals surface area contributed by atoms with Crippen LogP contribution in [0.4, 0.5) is 4.39 Å². The highest BCUT2D eigenvalue weighted by atomic mass is 19.1. The largest absolute Gasteiger partial charge is 0.313 e. The summed E-state index contributed by atoms with van der Waals surface area (Å²) in [5.74, 6) is -0.131. The zero-order chi connectivity index (χ0) is 13.8. The number of aromatic nitrogens is 2. The van der Waals surface area contributed by atoms with Crippen molar-refractivity contribution < 1.29 is 4.39 Å². The first kappa shape index (κ1) is 13.7. The van der Waals surface area contributed by atoms with Crippen LogP contribution in [0.3, 0.4) is 0 Å². The topological polar surface area (TPSA) is 40.7 Å². The third-order valence-corrected chi connectivity index (χ3v) is 3.19. The van der Waals surface area contributed by atoms with Crippen LogP contribution in [-0.4, -0.2) is 16.7 Å². The van der Waals surface area contributed by atoms with Crippen LogP contribution in [0.1, 0.15) is 30.0 Å². The molecule has 102 valence electrons. The van der Waals surface area contributed by atoms with Gasteiger partial charge >= 0.3 is 0 Å². The predicted molar refractivity (Wildman–Crippen MR) is 75.5 cm³/mol. The molecule has 2 rings (SSSR count). The third-order valence-electron chi connectivity index (χ3n) is 3.19. The Hall–Kier alpha value is -1.68. The van der Waals surface area contributed by atoms with Gasteiger partial charge < -0.3 is 5.32 Å². The van der Waals surface area contributed by atoms with Gasteiger partial charge in [-0.05, 0) is 50.1 Å². The molecule has 0 fully saturated rings. The number of hydrogen-bond acceptors (Lipinski definition) is 2. The van der Waals surface area contributed by atoms with E-state index < -0.39 is 0 Å². The van der Waals surface area contributed by atoms with Gasteiger partial charge in [-0.2, -0.15) is 5.10 Å². The van der Waals surface area contributed by atoms with E-state index in [1.54, 1.807) is 13.8 Å². The fourth-order valence-corrected chi connectivity index (χ4v) is 2.19. The fraction of sp³-hybridized carbons (Fsp3) is 0.400. The Bertz CT molecular complexity index is 537. The predicted octanol–water partition coefficient (Wildman–Crippen LogP) is 3.33. The van der Waals surface area contributed by atoms with Crippen LogP contribution in [0.5, 0.6) is 0 Å². The lowest BCUT2D eigenvalue weighted by molar-refractivity contribution is 0.609. The zero-order valence-electron chi connectivity index (χ0n) is 11.7. The first-order valence-corrected chi connectivity index (χ1v) is 6.63. The van der Waals surface area contributed by atoms with Crippen LogP contribution in [-0.2, 0) is 6.54 Å². The molecule has 19 heavy (non-hydrogen) atoms. The molecule has 0 aliphatic carbocycles. The highest BCUT2D eigenvalue weighted by Gasteiger charge is 2.11. The van der Waals surface area contributed by atoms with Gasteiger partial charge in [-0.1, -0.05) is 6.92 Å². The molecular formula is C15H20FN3. The molecule has 0 aliphatic heterocycles. The molecule has 0 saturated heterocycles. The van der Waals surface area contributed by atoms with E-state index in [1.807, 2.05) is 18.3 Å². The molecule has 0 bridgehead atoms. The van der Waals surface area contributed by atoms with Gasteiger partial charge in [-0.15, -0.1) is 0 Å². The average molecular weight is 261 g/mol. The lowest BCUT2D eigenvalue weighted by Gasteiger charge is -2.08. The molecule has 1 aromatic carbocycles. The molecule has 0 aliphatic rings. The second kappa shape index (κ2) is 5.97. The maximum absolute atomic E-state index is 13.7. The van der Waals surface area contributed by atoms with Crippen LogP contribution in [0, 0.1) is 19.7 Å². The van der Waals surface area contributed by atoms with Crippen LogP contribution in [0.2, 0.25) is 0 Å². The highest BCUT2D eigenvalue weighted by Crippen LogP contribution is 2.25. The van der Waals surface area contributed by atoms with Gasteiger partial charge in [0.1, 0.15) is 5.82 Å². The number of aryl methyl sites for hydroxylation is 2. The van der Waals surface area contributed by atoms with E-state index in [1.165, 1.54) is 0 Å². The average Bonchev–Trinajstić information content (AvgIpc) is 2.84. The second-order valence-corrected chi connectivity index (χ2v) is 4.87. The minimum Gasteiger partial charge on any atom is -0.313 e. The summed E-state index contributed by atoms with van der Waals surface area (Å²) in [6, 6.07) is 3.72. The number of H-pyrrole nitrogens is 1. The van der Waals surface area contributed by atoms with Crippen molar-refractivity contribution in [2.75, 3.05) is 6.54 Å². The minimum absolute atomic E-state index is 0.131. The molecule has 1 aromatic heterocycles. The van der Waals surface area contributed by atoms with E-state index in [0.717, 1.165) is 36.3 Å². The lowest BCUT2D eigenvalue weighted by atomic mass is 10.0. The number of nitrogens with zero attached hydrogens (tertiary/aromatic N) is 1. The van der Waals surface area contributed by atoms with Crippen molar-refractivity contribution in [3.8, 4) is 11.3 Å². The molecule has 1 heterocycles. The first-order chi connectivity index (χ1) is 9.13. The van der Waals surface area contributed by atoms with Gasteiger partial charge in [0.15, 0.2) is 0 Å². The Morgan fingerprint density at radius 3 is 2.58 bits per heavy atom. The van der Waals surface area contributed by atoms with E-state index in [9.17, 15) is 4.39 Å². The van der Waals surface area contributed by atoms with E-state index in [-0.39, 0.29) is 5.82 Å². The Labute approximate surface area is 113 Å². The minimum atomic E-state index is -0.131. The van der Waals surface area contributed by atoms with Crippen LogP contribution < -0.4 is 5.32 Å². The maximum Gasteiger partial charge on any atom is 0.129 e. The molecule has 2 N–H and O–H groups in total. The van der Waals surface area contributed by atoms with Crippen molar-refractivity contribution in [2.24, 2.45) is 0 Å². The third kappa shape index (κ3) is 3.01. The molecule has 4 heteroatoms. The molecule has 0 unspecified atom stereocenters. The molecule has 0 saturated carbocycles. The first-order valence-electron chi connectivity index (χ1n) is 6.63. The molecule has 0 atom stereocenters. The summed E-state index contributed by atoms with van der Waals surface area (Å²) in [6.07, 6.45) is 2.92. The summed E-state index contributed by atoms with van der Waals surface area (Å²) in [7, 11) is 0. The fourth-order valence-electron chi connectivity index (χ4n) is 2.19. The summed E-state index contributed by atoms with van der Waals surface area (Å²) in [5, 5.41) is 10.5. The van der Waals surface area contributed by atoms with Crippen LogP contribution in [0.15, 0.2) is 18.3 Å². The lowest BCUT2D eigenvalue weighted by Crippen LogP contribution is -2.13. The summed E-state index contributed by atoms with van der Waals surface area (Å²) in [5.41, 5.74) is 4.39. The zero-order valence-corrected chi connectivity index (χ0v) is 11.7. The molecule has 0 spiro atoms. The molecular weight excluding hydrogens is 241 g/mol. The SMILES string of the molecule is CCCNCc1cn[nH]c1-c1cc(C)c(F)c(C)c1. The van der Waals surface area contributed by atoms with Crippen molar-refractivity contribution in [2.45, 2.75) is 33.7 Å². The van der Waals surface area contributed by atoms with Crippen LogP contribution in [0.25, 0.3) is 11.3 Å². The number of hydrogen-bond donors (Lipinski definition) is 2. The van der Waals surface area contributed by atoms with Gasteiger partial charge in [0.05, 0.1) is 11.9 Å². The van der Waals surface area contributed by atoms with Crippen molar-refractivity contribution in [3.05, 3.63) is 40.8 Å². The number of rotatable bonds is 5. The van der Waals surface area contributed by atoms with Crippen molar-refractivity contribution in [1.29, 1.82) is 0 Å². The Balaban J connectivity index is 2.29. The number of benzene rings is 1. The standard InChI is InChI=1S/C15H20FN3/c1-4-5-17-8-13-9-18-19-15(13)12-6-10(2)14(16)11(3)7-12/h6-7,9,17H,4-5,8H2,1-3H3,(H,18,19). The van der Waals surface area contributed by atoms with Gasteiger partial charge in [0, 0.05) is 17.7 Å². The van der Waals surface area contributed by atoms with E-state index in [0.29, 0.717) is 11.1 Å². The Morgan fingerprint density at radius 1 is 1.26 bits per heavy atom. The number of halogens is 1. The van der Waals surface area contributed by atoms with Crippen LogP contribution >= 0.6 is 0 Å². The maximum atomic E-state index is 13.7. The summed E-state index contributed by atoms with van der Waals surface area (Å²) in [6.45, 7) is 7.46. The Kier molecular flexibility index (Phi) is 4.32. The summed E-state index contributed by atoms with van der Waals surface area (Å²) >= 11 is 0. The van der Waals surface area contributed by atoms with E-state index >= 15 is 0 Å². The molecule has 3 nitrogen and oxygen atoms in total. The van der Waals surface area contributed by atoms with Gasteiger partial charge in [-0.3, -0.25) is 5.10 Å². The molecule has 2 aromatic rings. The normalized spacial score (nSPS) is 10.9. The quantitative estimate of drug-likeness (QED) is 0.810. The monoisotopic (exact) mass is 261 g/mol. The van der Waals surface area contributed by atoms with Crippen molar-refractivity contribution in [3.63, 3.8) is 0 Å². The van der Waals surface area contributed by atoms with Crippen molar-refractivity contribution >= 4 is 0 Å². The number of aromatic amines is 1.